The van der Waals surface area contributed by atoms with E-state index in [1.807, 2.05) is 30.3 Å². The molecule has 2 aromatic carbocycles. The SMILES string of the molecule is N#Cc1cccc(OCc2ccc(N)cc2)c1. The fraction of sp³-hybridized carbons (Fsp3) is 0.0714. The van der Waals surface area contributed by atoms with Gasteiger partial charge < -0.3 is 10.5 Å². The van der Waals surface area contributed by atoms with Gasteiger partial charge in [0.25, 0.3) is 0 Å². The van der Waals surface area contributed by atoms with E-state index in [0.717, 1.165) is 11.3 Å². The van der Waals surface area contributed by atoms with Crippen LogP contribution in [0.25, 0.3) is 0 Å². The molecule has 3 nitrogen and oxygen atoms in total. The number of anilines is 1. The summed E-state index contributed by atoms with van der Waals surface area (Å²) in [7, 11) is 0. The Labute approximate surface area is 100 Å². The van der Waals surface area contributed by atoms with Crippen LogP contribution in [0.1, 0.15) is 11.1 Å². The molecule has 17 heavy (non-hydrogen) atoms. The molecule has 0 fully saturated rings. The number of nitriles is 1. The van der Waals surface area contributed by atoms with E-state index < -0.39 is 0 Å². The maximum atomic E-state index is 8.76. The Morgan fingerprint density at radius 2 is 1.88 bits per heavy atom. The van der Waals surface area contributed by atoms with Crippen molar-refractivity contribution in [2.24, 2.45) is 0 Å². The fourth-order valence-electron chi connectivity index (χ4n) is 1.44. The normalized spacial score (nSPS) is 9.59. The predicted molar refractivity (Wildman–Crippen MR) is 66.3 cm³/mol. The number of hydrogen-bond acceptors (Lipinski definition) is 3. The van der Waals surface area contributed by atoms with Gasteiger partial charge in [0, 0.05) is 5.69 Å². The van der Waals surface area contributed by atoms with Gasteiger partial charge in [0.2, 0.25) is 0 Å². The van der Waals surface area contributed by atoms with Crippen molar-refractivity contribution < 1.29 is 4.74 Å². The van der Waals surface area contributed by atoms with Crippen LogP contribution in [-0.4, -0.2) is 0 Å². The molecule has 0 aliphatic carbocycles. The zero-order valence-corrected chi connectivity index (χ0v) is 9.26. The van der Waals surface area contributed by atoms with Crippen LogP contribution in [0.15, 0.2) is 48.5 Å². The third kappa shape index (κ3) is 2.99. The van der Waals surface area contributed by atoms with Crippen molar-refractivity contribution in [2.75, 3.05) is 5.73 Å². The molecule has 0 saturated carbocycles. The van der Waals surface area contributed by atoms with Gasteiger partial charge in [-0.1, -0.05) is 18.2 Å². The van der Waals surface area contributed by atoms with Gasteiger partial charge in [-0.2, -0.15) is 5.26 Å². The van der Waals surface area contributed by atoms with Gasteiger partial charge in [-0.05, 0) is 35.9 Å². The summed E-state index contributed by atoms with van der Waals surface area (Å²) in [4.78, 5) is 0. The fourth-order valence-corrected chi connectivity index (χ4v) is 1.44. The van der Waals surface area contributed by atoms with E-state index in [1.165, 1.54) is 0 Å². The monoisotopic (exact) mass is 224 g/mol. The van der Waals surface area contributed by atoms with Crippen LogP contribution < -0.4 is 10.5 Å². The highest BCUT2D eigenvalue weighted by atomic mass is 16.5. The standard InChI is InChI=1S/C14H12N2O/c15-9-12-2-1-3-14(8-12)17-10-11-4-6-13(16)7-5-11/h1-8H,10,16H2. The van der Waals surface area contributed by atoms with E-state index in [9.17, 15) is 0 Å². The Hall–Kier alpha value is -2.47. The molecule has 0 aliphatic rings. The second kappa shape index (κ2) is 5.04. The van der Waals surface area contributed by atoms with Gasteiger partial charge in [-0.15, -0.1) is 0 Å². The number of nitrogens with two attached hydrogens (primary N) is 1. The van der Waals surface area contributed by atoms with Gasteiger partial charge in [-0.3, -0.25) is 0 Å². The lowest BCUT2D eigenvalue weighted by molar-refractivity contribution is 0.306. The molecule has 0 radical (unpaired) electrons. The molecule has 0 spiro atoms. The van der Waals surface area contributed by atoms with Crippen molar-refractivity contribution in [3.63, 3.8) is 0 Å². The first kappa shape index (κ1) is 11.0. The van der Waals surface area contributed by atoms with Gasteiger partial charge in [-0.25, -0.2) is 0 Å². The summed E-state index contributed by atoms with van der Waals surface area (Å²) in [5, 5.41) is 8.76. The minimum absolute atomic E-state index is 0.467. The summed E-state index contributed by atoms with van der Waals surface area (Å²) < 4.78 is 5.58. The summed E-state index contributed by atoms with van der Waals surface area (Å²) in [6.07, 6.45) is 0. The van der Waals surface area contributed by atoms with E-state index in [2.05, 4.69) is 6.07 Å². The second-order valence-electron chi connectivity index (χ2n) is 3.67. The molecule has 2 rings (SSSR count). The lowest BCUT2D eigenvalue weighted by Crippen LogP contribution is -1.96. The number of hydrogen-bond donors (Lipinski definition) is 1. The summed E-state index contributed by atoms with van der Waals surface area (Å²) in [5.74, 6) is 0.695. The first-order chi connectivity index (χ1) is 8.28. The Bertz CT molecular complexity index is 541. The number of benzene rings is 2. The zero-order valence-electron chi connectivity index (χ0n) is 9.26. The van der Waals surface area contributed by atoms with Crippen molar-refractivity contribution in [2.45, 2.75) is 6.61 Å². The number of nitrogens with zero attached hydrogens (tertiary/aromatic N) is 1. The Morgan fingerprint density at radius 1 is 1.12 bits per heavy atom. The van der Waals surface area contributed by atoms with Gasteiger partial charge in [0.05, 0.1) is 11.6 Å². The number of rotatable bonds is 3. The minimum atomic E-state index is 0.467. The highest BCUT2D eigenvalue weighted by Crippen LogP contribution is 2.15. The van der Waals surface area contributed by atoms with Gasteiger partial charge in [0.15, 0.2) is 0 Å². The highest BCUT2D eigenvalue weighted by molar-refractivity contribution is 5.39. The van der Waals surface area contributed by atoms with Crippen LogP contribution in [0, 0.1) is 11.3 Å². The lowest BCUT2D eigenvalue weighted by Gasteiger charge is -2.06. The molecular weight excluding hydrogens is 212 g/mol. The second-order valence-corrected chi connectivity index (χ2v) is 3.67. The summed E-state index contributed by atoms with van der Waals surface area (Å²) in [6, 6.07) is 16.7. The molecular formula is C14H12N2O. The molecule has 0 heterocycles. The van der Waals surface area contributed by atoms with Gasteiger partial charge in [0.1, 0.15) is 12.4 Å². The number of nitrogen functional groups attached to an aromatic ring is 1. The summed E-state index contributed by atoms with van der Waals surface area (Å²) >= 11 is 0. The molecule has 0 unspecified atom stereocenters. The highest BCUT2D eigenvalue weighted by Gasteiger charge is 1.97. The molecule has 0 aliphatic heterocycles. The molecule has 2 N–H and O–H groups in total. The molecule has 3 heteroatoms. The van der Waals surface area contributed by atoms with E-state index in [0.29, 0.717) is 17.9 Å². The van der Waals surface area contributed by atoms with Crippen LogP contribution >= 0.6 is 0 Å². The van der Waals surface area contributed by atoms with Crippen molar-refractivity contribution in [3.05, 3.63) is 59.7 Å². The van der Waals surface area contributed by atoms with Crippen LogP contribution in [0.2, 0.25) is 0 Å². The van der Waals surface area contributed by atoms with Crippen LogP contribution in [0.5, 0.6) is 5.75 Å². The minimum Gasteiger partial charge on any atom is -0.489 e. The Morgan fingerprint density at radius 3 is 2.59 bits per heavy atom. The summed E-state index contributed by atoms with van der Waals surface area (Å²) in [6.45, 7) is 0.467. The topological polar surface area (TPSA) is 59.0 Å². The zero-order chi connectivity index (χ0) is 12.1. The maximum Gasteiger partial charge on any atom is 0.121 e. The first-order valence-corrected chi connectivity index (χ1v) is 5.25. The molecule has 0 aromatic heterocycles. The van der Waals surface area contributed by atoms with E-state index >= 15 is 0 Å². The molecule has 0 saturated heterocycles. The quantitative estimate of drug-likeness (QED) is 0.815. The Kier molecular flexibility index (Phi) is 3.27. The lowest BCUT2D eigenvalue weighted by atomic mass is 10.2. The van der Waals surface area contributed by atoms with Gasteiger partial charge >= 0.3 is 0 Å². The van der Waals surface area contributed by atoms with Crippen molar-refractivity contribution >= 4 is 5.69 Å². The van der Waals surface area contributed by atoms with Crippen molar-refractivity contribution in [1.29, 1.82) is 5.26 Å². The molecule has 0 amide bonds. The summed E-state index contributed by atoms with van der Waals surface area (Å²) in [5.41, 5.74) is 7.97. The number of ether oxygens (including phenoxy) is 1. The van der Waals surface area contributed by atoms with Crippen LogP contribution in [0.4, 0.5) is 5.69 Å². The third-order valence-electron chi connectivity index (χ3n) is 2.35. The van der Waals surface area contributed by atoms with Crippen molar-refractivity contribution in [1.82, 2.24) is 0 Å². The largest absolute Gasteiger partial charge is 0.489 e. The van der Waals surface area contributed by atoms with Crippen LogP contribution in [0.3, 0.4) is 0 Å². The smallest absolute Gasteiger partial charge is 0.121 e. The first-order valence-electron chi connectivity index (χ1n) is 5.25. The predicted octanol–water partition coefficient (Wildman–Crippen LogP) is 2.72. The molecule has 0 bridgehead atoms. The third-order valence-corrected chi connectivity index (χ3v) is 2.35. The van der Waals surface area contributed by atoms with E-state index in [4.69, 9.17) is 15.7 Å². The van der Waals surface area contributed by atoms with Crippen LogP contribution in [-0.2, 0) is 6.61 Å². The average molecular weight is 224 g/mol. The molecule has 0 atom stereocenters. The molecule has 2 aromatic rings. The van der Waals surface area contributed by atoms with Crippen molar-refractivity contribution in [3.8, 4) is 11.8 Å². The van der Waals surface area contributed by atoms with E-state index in [1.54, 1.807) is 18.2 Å². The average Bonchev–Trinajstić information content (AvgIpc) is 2.38. The molecule has 84 valence electrons. The van der Waals surface area contributed by atoms with E-state index in [-0.39, 0.29) is 0 Å². The maximum absolute atomic E-state index is 8.76. The Balaban J connectivity index is 2.02.